The molecule has 1 aromatic carbocycles. The number of nitro benzene ring substituents is 1. The van der Waals surface area contributed by atoms with Gasteiger partial charge in [0.25, 0.3) is 5.69 Å². The normalized spacial score (nSPS) is 12.0. The Morgan fingerprint density at radius 2 is 2.22 bits per heavy atom. The van der Waals surface area contributed by atoms with Crippen LogP contribution in [-0.2, 0) is 0 Å². The molecule has 0 radical (unpaired) electrons. The molecule has 0 fully saturated rings. The topological polar surface area (TPSA) is 75.8 Å². The monoisotopic (exact) mass is 254 g/mol. The molecule has 0 amide bonds. The van der Waals surface area contributed by atoms with E-state index in [1.165, 1.54) is 13.2 Å². The van der Waals surface area contributed by atoms with E-state index >= 15 is 0 Å². The molecule has 0 aliphatic heterocycles. The zero-order valence-corrected chi connectivity index (χ0v) is 10.8. The Bertz CT molecular complexity index is 421. The number of nitrogens with zero attached hydrogens (tertiary/aromatic N) is 2. The van der Waals surface area contributed by atoms with E-state index in [2.05, 4.69) is 0 Å². The first kappa shape index (κ1) is 14.2. The number of nitro groups is 1. The fraction of sp³-hybridized carbons (Fsp3) is 0.500. The van der Waals surface area contributed by atoms with E-state index in [9.17, 15) is 15.2 Å². The van der Waals surface area contributed by atoms with Crippen LogP contribution in [0.2, 0.25) is 0 Å². The Kier molecular flexibility index (Phi) is 4.91. The number of hydrogen-bond donors (Lipinski definition) is 1. The quantitative estimate of drug-likeness (QED) is 0.619. The van der Waals surface area contributed by atoms with Crippen molar-refractivity contribution >= 4 is 11.4 Å². The maximum absolute atomic E-state index is 11.0. The predicted molar refractivity (Wildman–Crippen MR) is 69.2 cm³/mol. The van der Waals surface area contributed by atoms with Gasteiger partial charge in [0.2, 0.25) is 0 Å². The molecule has 1 rings (SSSR count). The van der Waals surface area contributed by atoms with Gasteiger partial charge in [-0.1, -0.05) is 0 Å². The van der Waals surface area contributed by atoms with Crippen LogP contribution in [0.3, 0.4) is 0 Å². The van der Waals surface area contributed by atoms with Gasteiger partial charge in [-0.15, -0.1) is 0 Å². The van der Waals surface area contributed by atoms with Crippen LogP contribution in [0.5, 0.6) is 5.75 Å². The highest BCUT2D eigenvalue weighted by Gasteiger charge is 2.18. The van der Waals surface area contributed by atoms with Crippen molar-refractivity contribution in [3.05, 3.63) is 28.3 Å². The third kappa shape index (κ3) is 3.59. The van der Waals surface area contributed by atoms with Crippen molar-refractivity contribution in [1.29, 1.82) is 0 Å². The van der Waals surface area contributed by atoms with Gasteiger partial charge in [-0.2, -0.15) is 0 Å². The van der Waals surface area contributed by atoms with E-state index in [4.69, 9.17) is 4.74 Å². The van der Waals surface area contributed by atoms with Gasteiger partial charge in [0.1, 0.15) is 11.4 Å². The van der Waals surface area contributed by atoms with Crippen LogP contribution >= 0.6 is 0 Å². The zero-order valence-electron chi connectivity index (χ0n) is 10.8. The fourth-order valence-electron chi connectivity index (χ4n) is 1.59. The summed E-state index contributed by atoms with van der Waals surface area (Å²) in [7, 11) is 3.27. The fourth-order valence-corrected chi connectivity index (χ4v) is 1.59. The highest BCUT2D eigenvalue weighted by Crippen LogP contribution is 2.31. The minimum absolute atomic E-state index is 0.0314. The van der Waals surface area contributed by atoms with Gasteiger partial charge < -0.3 is 14.7 Å². The molecule has 0 aliphatic rings. The first-order chi connectivity index (χ1) is 8.45. The standard InChI is InChI=1S/C12H18N2O4/c1-9(15)6-7-13(2)12-8-10(18-3)4-5-11(12)14(16)17/h4-5,8-9,15H,6-7H2,1-3H3. The molecule has 0 aliphatic carbocycles. The van der Waals surface area contributed by atoms with Crippen molar-refractivity contribution < 1.29 is 14.8 Å². The molecule has 1 unspecified atom stereocenters. The van der Waals surface area contributed by atoms with Gasteiger partial charge in [0.15, 0.2) is 0 Å². The molecular formula is C12H18N2O4. The second-order valence-electron chi connectivity index (χ2n) is 4.17. The number of ether oxygens (including phenoxy) is 1. The number of anilines is 1. The lowest BCUT2D eigenvalue weighted by Crippen LogP contribution is -2.22. The second kappa shape index (κ2) is 6.20. The van der Waals surface area contributed by atoms with Crippen LogP contribution in [0.25, 0.3) is 0 Å². The Labute approximate surface area is 106 Å². The summed E-state index contributed by atoms with van der Waals surface area (Å²) in [6.45, 7) is 2.22. The van der Waals surface area contributed by atoms with Crippen molar-refractivity contribution in [3.63, 3.8) is 0 Å². The summed E-state index contributed by atoms with van der Waals surface area (Å²) in [4.78, 5) is 12.3. The Hall–Kier alpha value is -1.82. The molecule has 0 spiro atoms. The van der Waals surface area contributed by atoms with Crippen LogP contribution in [0.1, 0.15) is 13.3 Å². The highest BCUT2D eigenvalue weighted by atomic mass is 16.6. The van der Waals surface area contributed by atoms with E-state index in [0.29, 0.717) is 24.4 Å². The second-order valence-corrected chi connectivity index (χ2v) is 4.17. The maximum Gasteiger partial charge on any atom is 0.292 e. The smallest absolute Gasteiger partial charge is 0.292 e. The van der Waals surface area contributed by atoms with E-state index in [1.54, 1.807) is 31.0 Å². The van der Waals surface area contributed by atoms with Crippen molar-refractivity contribution in [2.24, 2.45) is 0 Å². The molecule has 0 aromatic heterocycles. The minimum atomic E-state index is -0.433. The molecule has 18 heavy (non-hydrogen) atoms. The average molecular weight is 254 g/mol. The zero-order chi connectivity index (χ0) is 13.7. The number of benzene rings is 1. The average Bonchev–Trinajstić information content (AvgIpc) is 2.34. The third-order valence-electron chi connectivity index (χ3n) is 2.67. The highest BCUT2D eigenvalue weighted by molar-refractivity contribution is 5.65. The molecule has 1 N–H and O–H groups in total. The molecule has 0 saturated heterocycles. The number of rotatable bonds is 6. The summed E-state index contributed by atoms with van der Waals surface area (Å²) in [6.07, 6.45) is 0.113. The van der Waals surface area contributed by atoms with Gasteiger partial charge in [0.05, 0.1) is 18.1 Å². The van der Waals surface area contributed by atoms with Gasteiger partial charge in [-0.05, 0) is 19.4 Å². The summed E-state index contributed by atoms with van der Waals surface area (Å²) in [5, 5.41) is 20.2. The third-order valence-corrected chi connectivity index (χ3v) is 2.67. The summed E-state index contributed by atoms with van der Waals surface area (Å²) < 4.78 is 5.07. The lowest BCUT2D eigenvalue weighted by atomic mass is 10.2. The Morgan fingerprint density at radius 1 is 1.56 bits per heavy atom. The van der Waals surface area contributed by atoms with Crippen molar-refractivity contribution in [3.8, 4) is 5.75 Å². The van der Waals surface area contributed by atoms with Crippen molar-refractivity contribution in [1.82, 2.24) is 0 Å². The van der Waals surface area contributed by atoms with Crippen LogP contribution in [0.4, 0.5) is 11.4 Å². The summed E-state index contributed by atoms with van der Waals surface area (Å²) in [5.41, 5.74) is 0.517. The number of methoxy groups -OCH3 is 1. The SMILES string of the molecule is COc1ccc([N+](=O)[O-])c(N(C)CCC(C)O)c1. The van der Waals surface area contributed by atoms with Crippen LogP contribution in [-0.4, -0.2) is 36.8 Å². The van der Waals surface area contributed by atoms with E-state index in [1.807, 2.05) is 0 Å². The van der Waals surface area contributed by atoms with E-state index < -0.39 is 11.0 Å². The minimum Gasteiger partial charge on any atom is -0.497 e. The van der Waals surface area contributed by atoms with Crippen molar-refractivity contribution in [2.45, 2.75) is 19.4 Å². The number of hydrogen-bond acceptors (Lipinski definition) is 5. The molecule has 6 nitrogen and oxygen atoms in total. The number of aliphatic hydroxyl groups is 1. The molecule has 6 heteroatoms. The molecule has 1 aromatic rings. The van der Waals surface area contributed by atoms with E-state index in [0.717, 1.165) is 0 Å². The molecular weight excluding hydrogens is 236 g/mol. The first-order valence-electron chi connectivity index (χ1n) is 5.67. The Balaban J connectivity index is 2.99. The lowest BCUT2D eigenvalue weighted by Gasteiger charge is -2.20. The summed E-state index contributed by atoms with van der Waals surface area (Å²) >= 11 is 0. The van der Waals surface area contributed by atoms with Crippen molar-refractivity contribution in [2.75, 3.05) is 25.6 Å². The summed E-state index contributed by atoms with van der Waals surface area (Å²) in [6, 6.07) is 4.61. The van der Waals surface area contributed by atoms with E-state index in [-0.39, 0.29) is 5.69 Å². The summed E-state index contributed by atoms with van der Waals surface area (Å²) in [5.74, 6) is 0.569. The molecule has 1 atom stereocenters. The predicted octanol–water partition coefficient (Wildman–Crippen LogP) is 1.81. The maximum atomic E-state index is 11.0. The largest absolute Gasteiger partial charge is 0.497 e. The van der Waals surface area contributed by atoms with Gasteiger partial charge in [-0.3, -0.25) is 10.1 Å². The molecule has 0 bridgehead atoms. The van der Waals surface area contributed by atoms with Gasteiger partial charge in [-0.25, -0.2) is 0 Å². The molecule has 100 valence electrons. The lowest BCUT2D eigenvalue weighted by molar-refractivity contribution is -0.384. The van der Waals surface area contributed by atoms with Gasteiger partial charge >= 0.3 is 0 Å². The van der Waals surface area contributed by atoms with Crippen LogP contribution < -0.4 is 9.64 Å². The first-order valence-corrected chi connectivity index (χ1v) is 5.67. The molecule has 0 heterocycles. The van der Waals surface area contributed by atoms with Crippen LogP contribution in [0, 0.1) is 10.1 Å². The Morgan fingerprint density at radius 3 is 2.72 bits per heavy atom. The van der Waals surface area contributed by atoms with Gasteiger partial charge in [0, 0.05) is 25.7 Å². The number of aliphatic hydroxyl groups excluding tert-OH is 1. The van der Waals surface area contributed by atoms with Crippen LogP contribution in [0.15, 0.2) is 18.2 Å². The molecule has 0 saturated carbocycles.